The van der Waals surface area contributed by atoms with E-state index in [-0.39, 0.29) is 28.8 Å². The maximum atomic E-state index is 13.5. The maximum Gasteiger partial charge on any atom is 0.298 e. The Kier molecular flexibility index (Phi) is 8.12. The fraction of sp³-hybridized carbons (Fsp3) is 0.400. The Morgan fingerprint density at radius 2 is 1.91 bits per heavy atom. The molecule has 0 aliphatic rings. The first-order valence-corrected chi connectivity index (χ1v) is 12.4. The van der Waals surface area contributed by atoms with Crippen LogP contribution in [0.25, 0.3) is 11.1 Å². The molecule has 0 spiro atoms. The normalized spacial score (nSPS) is 13.9. The zero-order chi connectivity index (χ0) is 24.9. The van der Waals surface area contributed by atoms with Gasteiger partial charge in [-0.1, -0.05) is 38.5 Å². The van der Waals surface area contributed by atoms with Crippen LogP contribution < -0.4 is 10.5 Å². The van der Waals surface area contributed by atoms with E-state index in [1.165, 1.54) is 12.1 Å². The van der Waals surface area contributed by atoms with E-state index in [1.54, 1.807) is 30.3 Å². The van der Waals surface area contributed by atoms with Crippen molar-refractivity contribution in [2.75, 3.05) is 6.61 Å². The quantitative estimate of drug-likeness (QED) is 0.298. The molecule has 0 amide bonds. The summed E-state index contributed by atoms with van der Waals surface area (Å²) in [6.07, 6.45) is 1.40. The molecule has 34 heavy (non-hydrogen) atoms. The number of hydrogen-bond donors (Lipinski definition) is 1. The lowest BCUT2D eigenvalue weighted by Gasteiger charge is -2.16. The van der Waals surface area contributed by atoms with Gasteiger partial charge in [0, 0.05) is 18.1 Å². The van der Waals surface area contributed by atoms with Crippen molar-refractivity contribution >= 4 is 21.2 Å². The number of nitrogens with zero attached hydrogens (tertiary/aromatic N) is 1. The molecule has 2 aromatic carbocycles. The molecule has 3 aromatic rings. The molecule has 1 aromatic heterocycles. The van der Waals surface area contributed by atoms with E-state index in [4.69, 9.17) is 19.1 Å². The van der Waals surface area contributed by atoms with Crippen LogP contribution in [0.2, 0.25) is 0 Å². The van der Waals surface area contributed by atoms with Gasteiger partial charge in [0.25, 0.3) is 10.1 Å². The van der Waals surface area contributed by atoms with Gasteiger partial charge in [0.05, 0.1) is 11.2 Å². The largest absolute Gasteiger partial charge is 0.489 e. The lowest BCUT2D eigenvalue weighted by Crippen LogP contribution is -2.31. The van der Waals surface area contributed by atoms with Gasteiger partial charge in [-0.15, -0.1) is 0 Å². The molecule has 0 radical (unpaired) electrons. The number of rotatable bonds is 10. The van der Waals surface area contributed by atoms with E-state index in [0.29, 0.717) is 22.7 Å². The SMILES string of the molecule is Cc1ccc(S(=O)(=O)OC(N)/C(=C/F)COc2ccc3nc(CCCC(C)(C)C)oc3c2)cc1. The van der Waals surface area contributed by atoms with Crippen LogP contribution in [0.15, 0.2) is 63.7 Å². The Balaban J connectivity index is 1.61. The molecular weight excluding hydrogens is 459 g/mol. The summed E-state index contributed by atoms with van der Waals surface area (Å²) in [5, 5.41) is 0. The molecule has 7 nitrogen and oxygen atoms in total. The summed E-state index contributed by atoms with van der Waals surface area (Å²) in [5.41, 5.74) is 8.02. The van der Waals surface area contributed by atoms with Crippen LogP contribution in [-0.2, 0) is 20.7 Å². The first kappa shape index (κ1) is 25.9. The van der Waals surface area contributed by atoms with Crippen LogP contribution in [0, 0.1) is 12.3 Å². The average molecular weight is 491 g/mol. The van der Waals surface area contributed by atoms with Crippen molar-refractivity contribution in [2.24, 2.45) is 11.1 Å². The molecule has 0 bridgehead atoms. The zero-order valence-electron chi connectivity index (χ0n) is 19.9. The van der Waals surface area contributed by atoms with Crippen molar-refractivity contribution in [1.29, 1.82) is 0 Å². The topological polar surface area (TPSA) is 105 Å². The van der Waals surface area contributed by atoms with Crippen molar-refractivity contribution in [2.45, 2.75) is 58.1 Å². The van der Waals surface area contributed by atoms with Crippen LogP contribution in [0.1, 0.15) is 45.1 Å². The van der Waals surface area contributed by atoms with Crippen LogP contribution >= 0.6 is 0 Å². The Hall–Kier alpha value is -2.75. The third-order valence-corrected chi connectivity index (χ3v) is 6.48. The monoisotopic (exact) mass is 490 g/mol. The molecule has 1 unspecified atom stereocenters. The second kappa shape index (κ2) is 10.7. The van der Waals surface area contributed by atoms with Gasteiger partial charge in [0.15, 0.2) is 17.7 Å². The Morgan fingerprint density at radius 1 is 1.21 bits per heavy atom. The number of fused-ring (bicyclic) bond motifs is 1. The van der Waals surface area contributed by atoms with Crippen LogP contribution in [0.5, 0.6) is 5.75 Å². The minimum atomic E-state index is -4.17. The second-order valence-corrected chi connectivity index (χ2v) is 11.0. The number of aromatic nitrogens is 1. The summed E-state index contributed by atoms with van der Waals surface area (Å²) >= 11 is 0. The van der Waals surface area contributed by atoms with Crippen molar-refractivity contribution in [1.82, 2.24) is 4.98 Å². The van der Waals surface area contributed by atoms with Crippen molar-refractivity contribution in [3.63, 3.8) is 0 Å². The van der Waals surface area contributed by atoms with Gasteiger partial charge in [-0.3, -0.25) is 0 Å². The Labute approximate surface area is 199 Å². The summed E-state index contributed by atoms with van der Waals surface area (Å²) in [5.74, 6) is 1.05. The van der Waals surface area contributed by atoms with E-state index in [9.17, 15) is 12.8 Å². The van der Waals surface area contributed by atoms with Crippen LogP contribution in [0.4, 0.5) is 4.39 Å². The van der Waals surface area contributed by atoms with Gasteiger partial charge >= 0.3 is 0 Å². The molecule has 1 heterocycles. The molecule has 0 aliphatic carbocycles. The number of hydrogen-bond acceptors (Lipinski definition) is 7. The zero-order valence-corrected chi connectivity index (χ0v) is 20.7. The number of benzene rings is 2. The predicted octanol–water partition coefficient (Wildman–Crippen LogP) is 5.43. The smallest absolute Gasteiger partial charge is 0.298 e. The first-order chi connectivity index (χ1) is 16.0. The molecule has 3 rings (SSSR count). The highest BCUT2D eigenvalue weighted by molar-refractivity contribution is 7.86. The lowest BCUT2D eigenvalue weighted by molar-refractivity contribution is 0.225. The van der Waals surface area contributed by atoms with Gasteiger partial charge < -0.3 is 14.9 Å². The minimum absolute atomic E-state index is 0.0678. The molecule has 2 N–H and O–H groups in total. The summed E-state index contributed by atoms with van der Waals surface area (Å²) < 4.78 is 54.7. The fourth-order valence-electron chi connectivity index (χ4n) is 3.22. The second-order valence-electron chi connectivity index (χ2n) is 9.41. The minimum Gasteiger partial charge on any atom is -0.489 e. The molecule has 0 aliphatic heterocycles. The van der Waals surface area contributed by atoms with Gasteiger partial charge in [-0.2, -0.15) is 8.42 Å². The Morgan fingerprint density at radius 3 is 2.56 bits per heavy atom. The summed E-state index contributed by atoms with van der Waals surface area (Å²) in [4.78, 5) is 4.42. The van der Waals surface area contributed by atoms with E-state index in [0.717, 1.165) is 24.8 Å². The van der Waals surface area contributed by atoms with Crippen LogP contribution in [-0.4, -0.2) is 26.2 Å². The lowest BCUT2D eigenvalue weighted by atomic mass is 9.90. The standard InChI is InChI=1S/C25H31FN2O5S/c1-17-7-10-20(11-8-17)34(29,30)33-24(27)18(15-26)16-31-19-9-12-21-22(14-19)32-23(28-21)6-5-13-25(2,3)4/h7-12,14-15,24H,5-6,13,16,27H2,1-4H3/b18-15+. The maximum absolute atomic E-state index is 13.5. The molecule has 1 atom stereocenters. The summed E-state index contributed by atoms with van der Waals surface area (Å²) in [6, 6.07) is 11.1. The van der Waals surface area contributed by atoms with E-state index in [2.05, 4.69) is 25.8 Å². The highest BCUT2D eigenvalue weighted by atomic mass is 32.2. The van der Waals surface area contributed by atoms with Gasteiger partial charge in [-0.25, -0.2) is 13.6 Å². The van der Waals surface area contributed by atoms with Crippen molar-refractivity contribution in [3.05, 3.63) is 65.8 Å². The first-order valence-electron chi connectivity index (χ1n) is 11.0. The van der Waals surface area contributed by atoms with Gasteiger partial charge in [0.2, 0.25) is 0 Å². The number of ether oxygens (including phenoxy) is 1. The third kappa shape index (κ3) is 7.12. The van der Waals surface area contributed by atoms with E-state index in [1.807, 2.05) is 6.92 Å². The molecule has 9 heteroatoms. The van der Waals surface area contributed by atoms with E-state index >= 15 is 0 Å². The van der Waals surface area contributed by atoms with E-state index < -0.39 is 16.3 Å². The molecule has 0 fully saturated rings. The molecule has 0 saturated heterocycles. The summed E-state index contributed by atoms with van der Waals surface area (Å²) in [6.45, 7) is 8.10. The Bertz CT molecular complexity index is 1240. The van der Waals surface area contributed by atoms with Gasteiger partial charge in [0.1, 0.15) is 17.9 Å². The number of nitrogens with two attached hydrogens (primary N) is 1. The highest BCUT2D eigenvalue weighted by Gasteiger charge is 2.23. The third-order valence-electron chi connectivity index (χ3n) is 5.17. The average Bonchev–Trinajstić information content (AvgIpc) is 3.15. The van der Waals surface area contributed by atoms with Crippen molar-refractivity contribution < 1.29 is 26.1 Å². The molecular formula is C25H31FN2O5S. The number of aryl methyl sites for hydroxylation is 2. The highest BCUT2D eigenvalue weighted by Crippen LogP contribution is 2.26. The molecule has 184 valence electrons. The number of oxazole rings is 1. The molecule has 0 saturated carbocycles. The predicted molar refractivity (Wildman–Crippen MR) is 129 cm³/mol. The van der Waals surface area contributed by atoms with Gasteiger partial charge in [-0.05, 0) is 49.4 Å². The van der Waals surface area contributed by atoms with Crippen LogP contribution in [0.3, 0.4) is 0 Å². The number of halogens is 1. The summed E-state index contributed by atoms with van der Waals surface area (Å²) in [7, 11) is -4.17. The fourth-order valence-corrected chi connectivity index (χ4v) is 4.20. The van der Waals surface area contributed by atoms with Crippen molar-refractivity contribution in [3.8, 4) is 5.75 Å².